The molecule has 0 unspecified atom stereocenters. The summed E-state index contributed by atoms with van der Waals surface area (Å²) < 4.78 is 5.53. The Morgan fingerprint density at radius 1 is 1.46 bits per heavy atom. The van der Waals surface area contributed by atoms with E-state index in [1.807, 2.05) is 0 Å². The average molecular weight is 363 g/mol. The van der Waals surface area contributed by atoms with Crippen molar-refractivity contribution in [1.82, 2.24) is 15.5 Å². The normalized spacial score (nSPS) is 16.2. The van der Waals surface area contributed by atoms with Crippen LogP contribution in [0.25, 0.3) is 11.5 Å². The summed E-state index contributed by atoms with van der Waals surface area (Å²) in [5.41, 5.74) is -0.0324. The number of halogens is 1. The van der Waals surface area contributed by atoms with Crippen LogP contribution < -0.4 is 5.32 Å². The van der Waals surface area contributed by atoms with E-state index < -0.39 is 5.54 Å². The summed E-state index contributed by atoms with van der Waals surface area (Å²) in [6.45, 7) is 1.76. The highest BCUT2D eigenvalue weighted by atomic mass is 35.5. The zero-order chi connectivity index (χ0) is 17.2. The van der Waals surface area contributed by atoms with Gasteiger partial charge in [0.2, 0.25) is 11.8 Å². The lowest BCUT2D eigenvalue weighted by molar-refractivity contribution is -0.119. The van der Waals surface area contributed by atoms with Gasteiger partial charge in [-0.1, -0.05) is 23.4 Å². The molecule has 0 aliphatic heterocycles. The van der Waals surface area contributed by atoms with E-state index in [2.05, 4.69) is 21.6 Å². The molecule has 1 saturated carbocycles. The van der Waals surface area contributed by atoms with Crippen LogP contribution in [0.2, 0.25) is 5.02 Å². The minimum atomic E-state index is -0.791. The Bertz CT molecular complexity index is 782. The number of amides is 1. The molecule has 1 fully saturated rings. The van der Waals surface area contributed by atoms with Crippen LogP contribution in [-0.2, 0) is 4.79 Å². The topological polar surface area (TPSA) is 91.8 Å². The summed E-state index contributed by atoms with van der Waals surface area (Å²) in [6, 6.07) is 9.24. The maximum absolute atomic E-state index is 12.0. The quantitative estimate of drug-likeness (QED) is 0.793. The van der Waals surface area contributed by atoms with Gasteiger partial charge < -0.3 is 9.73 Å². The minimum Gasteiger partial charge on any atom is -0.411 e. The Balaban J connectivity index is 1.56. The van der Waals surface area contributed by atoms with Crippen molar-refractivity contribution in [1.29, 1.82) is 5.26 Å². The molecule has 6 nitrogen and oxygen atoms in total. The van der Waals surface area contributed by atoms with Crippen molar-refractivity contribution < 1.29 is 9.21 Å². The van der Waals surface area contributed by atoms with Gasteiger partial charge in [0, 0.05) is 10.6 Å². The first-order valence-electron chi connectivity index (χ1n) is 7.45. The molecular formula is C16H15ClN4O2S. The Hall–Kier alpha value is -2.04. The van der Waals surface area contributed by atoms with Gasteiger partial charge in [0.1, 0.15) is 5.54 Å². The molecule has 24 heavy (non-hydrogen) atoms. The molecule has 8 heteroatoms. The molecule has 1 aromatic carbocycles. The average Bonchev–Trinajstić information content (AvgIpc) is 3.33. The first-order valence-corrected chi connectivity index (χ1v) is 8.81. The van der Waals surface area contributed by atoms with Crippen LogP contribution >= 0.6 is 23.4 Å². The van der Waals surface area contributed by atoms with Crippen LogP contribution in [0, 0.1) is 17.2 Å². The number of thioether (sulfide) groups is 1. The van der Waals surface area contributed by atoms with E-state index in [0.29, 0.717) is 16.1 Å². The van der Waals surface area contributed by atoms with Crippen LogP contribution in [-0.4, -0.2) is 27.4 Å². The minimum absolute atomic E-state index is 0.117. The van der Waals surface area contributed by atoms with Crippen molar-refractivity contribution in [2.75, 3.05) is 5.75 Å². The first-order chi connectivity index (χ1) is 11.5. The summed E-state index contributed by atoms with van der Waals surface area (Å²) in [7, 11) is 0. The number of carbonyl (C=O) groups excluding carboxylic acids is 1. The molecule has 0 spiro atoms. The van der Waals surface area contributed by atoms with Crippen molar-refractivity contribution in [2.24, 2.45) is 5.92 Å². The smallest absolute Gasteiger partial charge is 0.277 e. The monoisotopic (exact) mass is 362 g/mol. The Morgan fingerprint density at radius 3 is 2.79 bits per heavy atom. The highest BCUT2D eigenvalue weighted by molar-refractivity contribution is 7.99. The third-order valence-electron chi connectivity index (χ3n) is 3.85. The summed E-state index contributed by atoms with van der Waals surface area (Å²) in [4.78, 5) is 12.0. The van der Waals surface area contributed by atoms with E-state index in [-0.39, 0.29) is 17.6 Å². The SMILES string of the molecule is C[C@](C#N)(NC(=O)CSc1nnc(-c2ccc(Cl)cc2)o1)C1CC1. The fraction of sp³-hybridized carbons (Fsp3) is 0.375. The van der Waals surface area contributed by atoms with Crippen molar-refractivity contribution in [3.8, 4) is 17.5 Å². The third-order valence-corrected chi connectivity index (χ3v) is 4.92. The number of rotatable bonds is 6. The van der Waals surface area contributed by atoms with Crippen molar-refractivity contribution in [2.45, 2.75) is 30.5 Å². The third kappa shape index (κ3) is 3.89. The lowest BCUT2D eigenvalue weighted by atomic mass is 9.98. The predicted molar refractivity (Wildman–Crippen MR) is 90.4 cm³/mol. The maximum atomic E-state index is 12.0. The Kier molecular flexibility index (Phi) is 4.78. The van der Waals surface area contributed by atoms with Gasteiger partial charge in [0.25, 0.3) is 5.22 Å². The van der Waals surface area contributed by atoms with Gasteiger partial charge in [-0.3, -0.25) is 4.79 Å². The number of carbonyl (C=O) groups is 1. The molecule has 0 saturated heterocycles. The summed E-state index contributed by atoms with van der Waals surface area (Å²) >= 11 is 6.98. The first kappa shape index (κ1) is 16.8. The molecule has 1 aliphatic rings. The van der Waals surface area contributed by atoms with E-state index in [0.717, 1.165) is 30.2 Å². The molecule has 2 aromatic rings. The molecular weight excluding hydrogens is 348 g/mol. The fourth-order valence-corrected chi connectivity index (χ4v) is 3.00. The molecule has 1 aromatic heterocycles. The van der Waals surface area contributed by atoms with Crippen LogP contribution in [0.1, 0.15) is 19.8 Å². The van der Waals surface area contributed by atoms with Crippen molar-refractivity contribution in [3.63, 3.8) is 0 Å². The van der Waals surface area contributed by atoms with E-state index >= 15 is 0 Å². The number of hydrogen-bond donors (Lipinski definition) is 1. The van der Waals surface area contributed by atoms with E-state index in [9.17, 15) is 10.1 Å². The molecule has 1 amide bonds. The zero-order valence-corrected chi connectivity index (χ0v) is 14.5. The molecule has 0 bridgehead atoms. The van der Waals surface area contributed by atoms with Crippen LogP contribution in [0.15, 0.2) is 33.9 Å². The second kappa shape index (κ2) is 6.83. The fourth-order valence-electron chi connectivity index (χ4n) is 2.31. The number of aromatic nitrogens is 2. The second-order valence-corrected chi connectivity index (χ2v) is 7.17. The molecule has 1 N–H and O–H groups in total. The number of hydrogen-bond acceptors (Lipinski definition) is 6. The van der Waals surface area contributed by atoms with Crippen molar-refractivity contribution in [3.05, 3.63) is 29.3 Å². The predicted octanol–water partition coefficient (Wildman–Crippen LogP) is 3.29. The highest BCUT2D eigenvalue weighted by Gasteiger charge is 2.42. The molecule has 1 aliphatic carbocycles. The lowest BCUT2D eigenvalue weighted by Crippen LogP contribution is -2.47. The van der Waals surface area contributed by atoms with E-state index in [1.165, 1.54) is 0 Å². The molecule has 124 valence electrons. The van der Waals surface area contributed by atoms with Crippen molar-refractivity contribution >= 4 is 29.3 Å². The summed E-state index contributed by atoms with van der Waals surface area (Å²) in [5, 5.41) is 20.9. The van der Waals surface area contributed by atoms with Gasteiger partial charge in [-0.05, 0) is 49.9 Å². The van der Waals surface area contributed by atoms with Gasteiger partial charge in [-0.2, -0.15) is 5.26 Å². The Labute approximate surface area is 148 Å². The number of nitrogens with zero attached hydrogens (tertiary/aromatic N) is 3. The molecule has 1 heterocycles. The van der Waals surface area contributed by atoms with Gasteiger partial charge >= 0.3 is 0 Å². The summed E-state index contributed by atoms with van der Waals surface area (Å²) in [5.74, 6) is 0.514. The summed E-state index contributed by atoms with van der Waals surface area (Å²) in [6.07, 6.45) is 1.96. The molecule has 0 radical (unpaired) electrons. The standard InChI is InChI=1S/C16H15ClN4O2S/c1-16(9-18,11-4-5-11)19-13(22)8-24-15-21-20-14(23-15)10-2-6-12(17)7-3-10/h2-3,6-7,11H,4-5,8H2,1H3,(H,19,22)/t16-/m1/s1. The van der Waals surface area contributed by atoms with Crippen LogP contribution in [0.5, 0.6) is 0 Å². The zero-order valence-electron chi connectivity index (χ0n) is 13.0. The molecule has 3 rings (SSSR count). The van der Waals surface area contributed by atoms with Crippen LogP contribution in [0.3, 0.4) is 0 Å². The van der Waals surface area contributed by atoms with Gasteiger partial charge in [-0.15, -0.1) is 10.2 Å². The molecule has 1 atom stereocenters. The van der Waals surface area contributed by atoms with Gasteiger partial charge in [0.05, 0.1) is 11.8 Å². The van der Waals surface area contributed by atoms with E-state index in [4.69, 9.17) is 16.0 Å². The second-order valence-electron chi connectivity index (χ2n) is 5.81. The maximum Gasteiger partial charge on any atom is 0.277 e. The highest BCUT2D eigenvalue weighted by Crippen LogP contribution is 2.39. The van der Waals surface area contributed by atoms with Crippen LogP contribution in [0.4, 0.5) is 0 Å². The number of benzene rings is 1. The number of nitriles is 1. The number of nitrogens with one attached hydrogen (secondary N) is 1. The van der Waals surface area contributed by atoms with Gasteiger partial charge in [0.15, 0.2) is 0 Å². The van der Waals surface area contributed by atoms with E-state index in [1.54, 1.807) is 31.2 Å². The van der Waals surface area contributed by atoms with Gasteiger partial charge in [-0.25, -0.2) is 0 Å². The Morgan fingerprint density at radius 2 is 2.17 bits per heavy atom. The lowest BCUT2D eigenvalue weighted by Gasteiger charge is -2.22. The largest absolute Gasteiger partial charge is 0.411 e.